The van der Waals surface area contributed by atoms with Crippen LogP contribution in [0.1, 0.15) is 20.8 Å². The molecule has 1 amide bonds. The largest absolute Gasteiger partial charge is 0.298 e. The van der Waals surface area contributed by atoms with Gasteiger partial charge in [0.1, 0.15) is 5.92 Å². The number of carbonyl (C=O) groups excluding carboxylic acids is 2. The van der Waals surface area contributed by atoms with Crippen LogP contribution >= 0.6 is 0 Å². The summed E-state index contributed by atoms with van der Waals surface area (Å²) in [7, 11) is 0. The van der Waals surface area contributed by atoms with E-state index in [9.17, 15) is 14.4 Å². The maximum absolute atomic E-state index is 12.8. The maximum Gasteiger partial charge on any atom is 0.269 e. The lowest BCUT2D eigenvalue weighted by atomic mass is 9.98. The van der Waals surface area contributed by atoms with Gasteiger partial charge in [0.15, 0.2) is 5.78 Å². The van der Waals surface area contributed by atoms with Gasteiger partial charge in [-0.25, -0.2) is 9.99 Å². The Labute approximate surface area is 145 Å². The zero-order valence-corrected chi connectivity index (χ0v) is 14.5. The van der Waals surface area contributed by atoms with Gasteiger partial charge in [0, 0.05) is 6.54 Å². The van der Waals surface area contributed by atoms with Crippen molar-refractivity contribution in [2.24, 2.45) is 16.9 Å². The Hall–Kier alpha value is -2.83. The van der Waals surface area contributed by atoms with Crippen LogP contribution in [0, 0.1) is 11.8 Å². The van der Waals surface area contributed by atoms with Crippen LogP contribution in [0.25, 0.3) is 11.0 Å². The van der Waals surface area contributed by atoms with Crippen molar-refractivity contribution in [3.63, 3.8) is 0 Å². The van der Waals surface area contributed by atoms with Crippen molar-refractivity contribution in [2.75, 3.05) is 6.54 Å². The SMILES string of the molecule is CC1=NN(CC(C)C)C(=O)C1C(=O)Cn1c(=O)cnc2ccccc21. The number of ketones is 1. The number of hydrogen-bond donors (Lipinski definition) is 0. The Morgan fingerprint density at radius 1 is 1.24 bits per heavy atom. The normalized spacial score (nSPS) is 17.4. The first-order valence-corrected chi connectivity index (χ1v) is 8.22. The molecule has 7 nitrogen and oxygen atoms in total. The topological polar surface area (TPSA) is 84.6 Å². The van der Waals surface area contributed by atoms with Gasteiger partial charge in [-0.15, -0.1) is 0 Å². The van der Waals surface area contributed by atoms with E-state index in [2.05, 4.69) is 10.1 Å². The highest BCUT2D eigenvalue weighted by atomic mass is 16.2. The van der Waals surface area contributed by atoms with Gasteiger partial charge in [-0.05, 0) is 25.0 Å². The monoisotopic (exact) mass is 340 g/mol. The number of para-hydroxylation sites is 2. The molecule has 0 saturated heterocycles. The fourth-order valence-electron chi connectivity index (χ4n) is 3.00. The minimum Gasteiger partial charge on any atom is -0.298 e. The molecule has 1 aromatic carbocycles. The molecule has 1 aliphatic heterocycles. The van der Waals surface area contributed by atoms with Crippen LogP contribution in [0.15, 0.2) is 40.4 Å². The summed E-state index contributed by atoms with van der Waals surface area (Å²) in [6.07, 6.45) is 1.19. The highest BCUT2D eigenvalue weighted by molar-refractivity contribution is 6.22. The van der Waals surface area contributed by atoms with E-state index in [1.807, 2.05) is 19.9 Å². The second-order valence-electron chi connectivity index (χ2n) is 6.63. The molecule has 2 aromatic rings. The first-order valence-electron chi connectivity index (χ1n) is 8.22. The molecule has 1 atom stereocenters. The average molecular weight is 340 g/mol. The van der Waals surface area contributed by atoms with Gasteiger partial charge >= 0.3 is 0 Å². The van der Waals surface area contributed by atoms with Crippen LogP contribution < -0.4 is 5.56 Å². The Morgan fingerprint density at radius 3 is 2.68 bits per heavy atom. The lowest BCUT2D eigenvalue weighted by Crippen LogP contribution is -2.37. The fraction of sp³-hybridized carbons (Fsp3) is 0.389. The van der Waals surface area contributed by atoms with Gasteiger partial charge in [-0.2, -0.15) is 5.10 Å². The molecule has 0 radical (unpaired) electrons. The van der Waals surface area contributed by atoms with Crippen molar-refractivity contribution in [3.05, 3.63) is 40.8 Å². The molecule has 1 unspecified atom stereocenters. The van der Waals surface area contributed by atoms with Gasteiger partial charge in [-0.1, -0.05) is 26.0 Å². The van der Waals surface area contributed by atoms with Crippen LogP contribution in [0.4, 0.5) is 0 Å². The standard InChI is InChI=1S/C18H20N4O3/c1-11(2)9-22-18(25)17(12(3)20-22)15(23)10-21-14-7-5-4-6-13(14)19-8-16(21)24/h4-8,11,17H,9-10H2,1-3H3. The number of amides is 1. The van der Waals surface area contributed by atoms with Gasteiger partial charge in [0.25, 0.3) is 11.5 Å². The molecule has 0 bridgehead atoms. The molecular formula is C18H20N4O3. The number of aromatic nitrogens is 2. The van der Waals surface area contributed by atoms with Crippen LogP contribution in [0.2, 0.25) is 0 Å². The summed E-state index contributed by atoms with van der Waals surface area (Å²) in [6, 6.07) is 7.10. The zero-order valence-electron chi connectivity index (χ0n) is 14.5. The first kappa shape index (κ1) is 17.0. The highest BCUT2D eigenvalue weighted by Gasteiger charge is 2.38. The second kappa shape index (κ2) is 6.58. The Kier molecular flexibility index (Phi) is 4.48. The molecule has 130 valence electrons. The minimum absolute atomic E-state index is 0.180. The van der Waals surface area contributed by atoms with Crippen molar-refractivity contribution in [2.45, 2.75) is 27.3 Å². The summed E-state index contributed by atoms with van der Waals surface area (Å²) < 4.78 is 1.36. The molecule has 0 aliphatic carbocycles. The molecular weight excluding hydrogens is 320 g/mol. The van der Waals surface area contributed by atoms with Gasteiger partial charge in [0.05, 0.1) is 29.5 Å². The third kappa shape index (κ3) is 3.22. The van der Waals surface area contributed by atoms with Crippen molar-refractivity contribution < 1.29 is 9.59 Å². The summed E-state index contributed by atoms with van der Waals surface area (Å²) in [6.45, 7) is 5.93. The van der Waals surface area contributed by atoms with E-state index in [0.717, 1.165) is 0 Å². The average Bonchev–Trinajstić information content (AvgIpc) is 2.83. The van der Waals surface area contributed by atoms with E-state index >= 15 is 0 Å². The minimum atomic E-state index is -0.919. The van der Waals surface area contributed by atoms with Gasteiger partial charge in [0.2, 0.25) is 0 Å². The highest BCUT2D eigenvalue weighted by Crippen LogP contribution is 2.19. The predicted molar refractivity (Wildman–Crippen MR) is 94.2 cm³/mol. The van der Waals surface area contributed by atoms with E-state index in [1.165, 1.54) is 15.8 Å². The summed E-state index contributed by atoms with van der Waals surface area (Å²) in [4.78, 5) is 41.5. The second-order valence-corrected chi connectivity index (χ2v) is 6.63. The van der Waals surface area contributed by atoms with E-state index in [0.29, 0.717) is 23.3 Å². The number of benzene rings is 1. The van der Waals surface area contributed by atoms with Crippen molar-refractivity contribution in [1.82, 2.24) is 14.6 Å². The molecule has 0 fully saturated rings. The van der Waals surface area contributed by atoms with Crippen LogP contribution in [-0.4, -0.2) is 38.5 Å². The van der Waals surface area contributed by atoms with Crippen molar-refractivity contribution in [1.29, 1.82) is 0 Å². The predicted octanol–water partition coefficient (Wildman–Crippen LogP) is 1.46. The van der Waals surface area contributed by atoms with Crippen LogP contribution in [0.5, 0.6) is 0 Å². The van der Waals surface area contributed by atoms with E-state index in [-0.39, 0.29) is 29.7 Å². The summed E-state index contributed by atoms with van der Waals surface area (Å²) in [5.74, 6) is -1.32. The van der Waals surface area contributed by atoms with Crippen molar-refractivity contribution in [3.8, 4) is 0 Å². The number of rotatable bonds is 5. The number of fused-ring (bicyclic) bond motifs is 1. The number of hydrogen-bond acceptors (Lipinski definition) is 5. The van der Waals surface area contributed by atoms with Crippen LogP contribution in [-0.2, 0) is 16.1 Å². The molecule has 25 heavy (non-hydrogen) atoms. The Bertz CT molecular complexity index is 929. The summed E-state index contributed by atoms with van der Waals surface area (Å²) in [5, 5.41) is 5.58. The molecule has 1 aliphatic rings. The van der Waals surface area contributed by atoms with E-state index < -0.39 is 5.92 Å². The lowest BCUT2D eigenvalue weighted by Gasteiger charge is -2.16. The number of nitrogens with zero attached hydrogens (tertiary/aromatic N) is 4. The first-order chi connectivity index (χ1) is 11.9. The lowest BCUT2D eigenvalue weighted by molar-refractivity contribution is -0.137. The summed E-state index contributed by atoms with van der Waals surface area (Å²) in [5.41, 5.74) is 1.30. The third-order valence-corrected chi connectivity index (χ3v) is 4.12. The number of Topliss-reactive ketones (excluding diaryl/α,β-unsaturated/α-hetero) is 1. The van der Waals surface area contributed by atoms with Gasteiger partial charge in [-0.3, -0.25) is 19.0 Å². The Balaban J connectivity index is 1.89. The molecule has 1 aromatic heterocycles. The summed E-state index contributed by atoms with van der Waals surface area (Å²) >= 11 is 0. The maximum atomic E-state index is 12.8. The van der Waals surface area contributed by atoms with E-state index in [4.69, 9.17) is 0 Å². The number of carbonyl (C=O) groups is 2. The molecule has 0 saturated carbocycles. The smallest absolute Gasteiger partial charge is 0.269 e. The third-order valence-electron chi connectivity index (χ3n) is 4.12. The number of hydrazone groups is 1. The zero-order chi connectivity index (χ0) is 18.1. The molecule has 0 N–H and O–H groups in total. The van der Waals surface area contributed by atoms with Gasteiger partial charge < -0.3 is 0 Å². The molecule has 0 spiro atoms. The van der Waals surface area contributed by atoms with Crippen molar-refractivity contribution >= 4 is 28.4 Å². The quantitative estimate of drug-likeness (QED) is 0.771. The fourth-order valence-corrected chi connectivity index (χ4v) is 3.00. The van der Waals surface area contributed by atoms with E-state index in [1.54, 1.807) is 25.1 Å². The molecule has 3 rings (SSSR count). The Morgan fingerprint density at radius 2 is 1.96 bits per heavy atom. The molecule has 7 heteroatoms. The molecule has 2 heterocycles. The van der Waals surface area contributed by atoms with Crippen LogP contribution in [0.3, 0.4) is 0 Å².